The average Bonchev–Trinajstić information content (AvgIpc) is 2.88. The van der Waals surface area contributed by atoms with Gasteiger partial charge in [0.05, 0.1) is 5.69 Å². The molecule has 1 aliphatic rings. The van der Waals surface area contributed by atoms with Gasteiger partial charge in [0.1, 0.15) is 5.82 Å². The number of nitrogens with zero attached hydrogens (tertiary/aromatic N) is 3. The van der Waals surface area contributed by atoms with Crippen LogP contribution >= 0.6 is 0 Å². The van der Waals surface area contributed by atoms with Crippen molar-refractivity contribution in [1.29, 1.82) is 0 Å². The molecule has 1 aliphatic heterocycles. The van der Waals surface area contributed by atoms with Crippen molar-refractivity contribution in [2.45, 2.75) is 45.6 Å². The van der Waals surface area contributed by atoms with Gasteiger partial charge in [0.2, 0.25) is 0 Å². The molecule has 1 fully saturated rings. The number of unbranched alkanes of at least 4 members (excludes halogenated alkanes) is 1. The fourth-order valence-corrected chi connectivity index (χ4v) is 2.52. The van der Waals surface area contributed by atoms with Gasteiger partial charge in [-0.25, -0.2) is 4.98 Å². The van der Waals surface area contributed by atoms with Crippen LogP contribution < -0.4 is 10.2 Å². The predicted molar refractivity (Wildman–Crippen MR) is 74.9 cm³/mol. The molecule has 1 atom stereocenters. The molecule has 0 radical (unpaired) electrons. The largest absolute Gasteiger partial charge is 0.354 e. The van der Waals surface area contributed by atoms with E-state index in [4.69, 9.17) is 0 Å². The summed E-state index contributed by atoms with van der Waals surface area (Å²) >= 11 is 0. The molecule has 0 amide bonds. The van der Waals surface area contributed by atoms with E-state index in [0.717, 1.165) is 31.1 Å². The van der Waals surface area contributed by atoms with Crippen LogP contribution in [0.1, 0.15) is 38.3 Å². The Morgan fingerprint density at radius 1 is 1.39 bits per heavy atom. The molecule has 2 rings (SSSR count). The first kappa shape index (κ1) is 13.3. The van der Waals surface area contributed by atoms with Gasteiger partial charge in [0.15, 0.2) is 0 Å². The summed E-state index contributed by atoms with van der Waals surface area (Å²) in [7, 11) is 0. The Balaban J connectivity index is 2.06. The highest BCUT2D eigenvalue weighted by Crippen LogP contribution is 2.17. The van der Waals surface area contributed by atoms with Crippen LogP contribution in [0.25, 0.3) is 0 Å². The first-order valence-corrected chi connectivity index (χ1v) is 7.07. The lowest BCUT2D eigenvalue weighted by atomic mass is 10.2. The third-order valence-corrected chi connectivity index (χ3v) is 3.54. The molecule has 2 heterocycles. The second-order valence-electron chi connectivity index (χ2n) is 5.06. The monoisotopic (exact) mass is 248 g/mol. The van der Waals surface area contributed by atoms with Gasteiger partial charge in [-0.3, -0.25) is 4.98 Å². The first-order chi connectivity index (χ1) is 8.81. The fourth-order valence-electron chi connectivity index (χ4n) is 2.52. The minimum atomic E-state index is 0.614. The molecule has 1 N–H and O–H groups in total. The van der Waals surface area contributed by atoms with Crippen LogP contribution in [-0.4, -0.2) is 35.6 Å². The maximum absolute atomic E-state index is 4.51. The minimum Gasteiger partial charge on any atom is -0.354 e. The van der Waals surface area contributed by atoms with Gasteiger partial charge in [0, 0.05) is 31.5 Å². The molecule has 4 nitrogen and oxygen atoms in total. The van der Waals surface area contributed by atoms with E-state index in [1.165, 1.54) is 25.7 Å². The predicted octanol–water partition coefficient (Wildman–Crippen LogP) is 2.14. The number of aryl methyl sites for hydroxylation is 1. The highest BCUT2D eigenvalue weighted by Gasteiger charge is 2.19. The fraction of sp³-hybridized carbons (Fsp3) is 0.714. The number of hydrogen-bond acceptors (Lipinski definition) is 4. The Morgan fingerprint density at radius 3 is 2.89 bits per heavy atom. The van der Waals surface area contributed by atoms with Crippen LogP contribution in [0.5, 0.6) is 0 Å². The van der Waals surface area contributed by atoms with Gasteiger partial charge in [-0.05, 0) is 32.7 Å². The van der Waals surface area contributed by atoms with Crippen molar-refractivity contribution in [2.75, 3.05) is 24.5 Å². The molecule has 1 aromatic heterocycles. The molecule has 1 saturated heterocycles. The van der Waals surface area contributed by atoms with Crippen LogP contribution in [0.15, 0.2) is 12.4 Å². The molecule has 4 heteroatoms. The van der Waals surface area contributed by atoms with Crippen LogP contribution in [0.2, 0.25) is 0 Å². The molecule has 18 heavy (non-hydrogen) atoms. The summed E-state index contributed by atoms with van der Waals surface area (Å²) < 4.78 is 0. The summed E-state index contributed by atoms with van der Waals surface area (Å²) in [5.41, 5.74) is 1.03. The van der Waals surface area contributed by atoms with E-state index < -0.39 is 0 Å². The second kappa shape index (κ2) is 6.69. The minimum absolute atomic E-state index is 0.614. The summed E-state index contributed by atoms with van der Waals surface area (Å²) in [5.74, 6) is 1.06. The van der Waals surface area contributed by atoms with E-state index in [2.05, 4.69) is 27.1 Å². The van der Waals surface area contributed by atoms with Gasteiger partial charge in [0.25, 0.3) is 0 Å². The van der Waals surface area contributed by atoms with E-state index in [0.29, 0.717) is 6.04 Å². The molecular weight excluding hydrogens is 224 g/mol. The zero-order valence-corrected chi connectivity index (χ0v) is 11.5. The van der Waals surface area contributed by atoms with Gasteiger partial charge in [-0.15, -0.1) is 0 Å². The average molecular weight is 248 g/mol. The molecule has 0 spiro atoms. The Labute approximate surface area is 110 Å². The Kier molecular flexibility index (Phi) is 4.93. The molecule has 0 aliphatic carbocycles. The Bertz CT molecular complexity index is 361. The van der Waals surface area contributed by atoms with Crippen LogP contribution in [0.4, 0.5) is 5.82 Å². The third-order valence-electron chi connectivity index (χ3n) is 3.54. The zero-order chi connectivity index (χ0) is 12.8. The van der Waals surface area contributed by atoms with Gasteiger partial charge in [-0.2, -0.15) is 0 Å². The summed E-state index contributed by atoms with van der Waals surface area (Å²) in [6, 6.07) is 0.614. The number of hydrogen-bond donors (Lipinski definition) is 1. The summed E-state index contributed by atoms with van der Waals surface area (Å²) in [5, 5.41) is 3.56. The van der Waals surface area contributed by atoms with E-state index >= 15 is 0 Å². The molecule has 1 aromatic rings. The molecule has 0 saturated carbocycles. The molecule has 0 aromatic carbocycles. The van der Waals surface area contributed by atoms with Crippen LogP contribution in [0.3, 0.4) is 0 Å². The lowest BCUT2D eigenvalue weighted by Gasteiger charge is -2.27. The highest BCUT2D eigenvalue weighted by atomic mass is 15.2. The molecule has 100 valence electrons. The van der Waals surface area contributed by atoms with Crippen molar-refractivity contribution >= 4 is 5.82 Å². The summed E-state index contributed by atoms with van der Waals surface area (Å²) in [6.45, 7) is 7.57. The summed E-state index contributed by atoms with van der Waals surface area (Å²) in [4.78, 5) is 11.3. The topological polar surface area (TPSA) is 41.0 Å². The normalized spacial score (nSPS) is 19.1. The first-order valence-electron chi connectivity index (χ1n) is 7.07. The van der Waals surface area contributed by atoms with E-state index in [1.54, 1.807) is 12.4 Å². The molecular formula is C14H24N4. The number of rotatable bonds is 6. The van der Waals surface area contributed by atoms with Crippen molar-refractivity contribution in [3.63, 3.8) is 0 Å². The summed E-state index contributed by atoms with van der Waals surface area (Å²) in [6.07, 6.45) is 8.57. The van der Waals surface area contributed by atoms with E-state index in [9.17, 15) is 0 Å². The van der Waals surface area contributed by atoms with Crippen molar-refractivity contribution in [1.82, 2.24) is 15.3 Å². The lowest BCUT2D eigenvalue weighted by Crippen LogP contribution is -2.39. The Morgan fingerprint density at radius 2 is 2.22 bits per heavy atom. The Hall–Kier alpha value is -1.16. The van der Waals surface area contributed by atoms with Crippen LogP contribution in [0, 0.1) is 6.92 Å². The molecule has 1 unspecified atom stereocenters. The lowest BCUT2D eigenvalue weighted by molar-refractivity contribution is 0.567. The quantitative estimate of drug-likeness (QED) is 0.837. The van der Waals surface area contributed by atoms with E-state index in [1.807, 2.05) is 6.92 Å². The number of nitrogens with one attached hydrogen (secondary N) is 1. The maximum Gasteiger partial charge on any atom is 0.150 e. The van der Waals surface area contributed by atoms with Crippen molar-refractivity contribution < 1.29 is 0 Å². The van der Waals surface area contributed by atoms with Gasteiger partial charge < -0.3 is 10.2 Å². The van der Waals surface area contributed by atoms with Crippen molar-refractivity contribution in [2.24, 2.45) is 0 Å². The SMILES string of the molecule is CCCCN(CC1CCCN1)c1nccnc1C. The smallest absolute Gasteiger partial charge is 0.150 e. The van der Waals surface area contributed by atoms with E-state index in [-0.39, 0.29) is 0 Å². The van der Waals surface area contributed by atoms with Gasteiger partial charge >= 0.3 is 0 Å². The maximum atomic E-state index is 4.51. The number of anilines is 1. The van der Waals surface area contributed by atoms with Gasteiger partial charge in [-0.1, -0.05) is 13.3 Å². The van der Waals surface area contributed by atoms with Crippen molar-refractivity contribution in [3.8, 4) is 0 Å². The zero-order valence-electron chi connectivity index (χ0n) is 11.5. The number of aromatic nitrogens is 2. The second-order valence-corrected chi connectivity index (χ2v) is 5.06. The van der Waals surface area contributed by atoms with Crippen LogP contribution in [-0.2, 0) is 0 Å². The molecule has 0 bridgehead atoms. The third kappa shape index (κ3) is 3.42. The van der Waals surface area contributed by atoms with Crippen molar-refractivity contribution in [3.05, 3.63) is 18.1 Å². The highest BCUT2D eigenvalue weighted by molar-refractivity contribution is 5.42. The standard InChI is InChI=1S/C14H24N4/c1-3-4-10-18(11-13-6-5-7-16-13)14-12(2)15-8-9-17-14/h8-9,13,16H,3-7,10-11H2,1-2H3.